The number of benzene rings is 1. The third-order valence-electron chi connectivity index (χ3n) is 4.33. The highest BCUT2D eigenvalue weighted by atomic mass is 32.2. The Morgan fingerprint density at radius 3 is 2.61 bits per heavy atom. The van der Waals surface area contributed by atoms with Crippen LogP contribution in [0.4, 0.5) is 17.3 Å². The van der Waals surface area contributed by atoms with E-state index in [4.69, 9.17) is 0 Å². The summed E-state index contributed by atoms with van der Waals surface area (Å²) < 4.78 is 27.1. The van der Waals surface area contributed by atoms with Gasteiger partial charge < -0.3 is 5.32 Å². The van der Waals surface area contributed by atoms with Crippen LogP contribution in [0.3, 0.4) is 0 Å². The Balaban J connectivity index is 1.81. The Hall–Kier alpha value is -3.46. The molecule has 0 aliphatic carbocycles. The van der Waals surface area contributed by atoms with Crippen molar-refractivity contribution in [1.82, 2.24) is 19.6 Å². The molecule has 3 aromatic heterocycles. The van der Waals surface area contributed by atoms with Crippen LogP contribution in [0.1, 0.15) is 0 Å². The Morgan fingerprint density at radius 2 is 1.86 bits per heavy atom. The molecule has 0 radical (unpaired) electrons. The molecule has 4 aromatic rings. The van der Waals surface area contributed by atoms with Gasteiger partial charge in [0.25, 0.3) is 0 Å². The van der Waals surface area contributed by atoms with Crippen molar-refractivity contribution in [2.45, 2.75) is 0 Å². The number of rotatable bonds is 5. The zero-order valence-electron chi connectivity index (χ0n) is 15.3. The van der Waals surface area contributed by atoms with Gasteiger partial charge in [0.1, 0.15) is 0 Å². The van der Waals surface area contributed by atoms with E-state index in [1.54, 1.807) is 35.2 Å². The number of pyridine rings is 1. The Morgan fingerprint density at radius 1 is 1.04 bits per heavy atom. The van der Waals surface area contributed by atoms with E-state index >= 15 is 0 Å². The number of nitrogens with zero attached hydrogens (tertiary/aromatic N) is 5. The molecule has 0 saturated carbocycles. The largest absolute Gasteiger partial charge is 0.322 e. The van der Waals surface area contributed by atoms with Gasteiger partial charge in [-0.15, -0.1) is 5.10 Å². The quantitative estimate of drug-likeness (QED) is 0.559. The average Bonchev–Trinajstić information content (AvgIpc) is 3.10. The number of aromatic nitrogens is 4. The standard InChI is InChI=1S/C19H18N6O2S/c1-24(28(2,26)27)17-8-4-3-7-16(17)18-10-9-15-13-21-19(23-25(15)18)22-14-6-5-11-20-12-14/h3-13H,1-2H3,(H,22,23). The minimum atomic E-state index is -3.40. The molecule has 0 aliphatic heterocycles. The third kappa shape index (κ3) is 3.39. The molecular formula is C19H18N6O2S. The first-order valence-electron chi connectivity index (χ1n) is 8.48. The highest BCUT2D eigenvalue weighted by Gasteiger charge is 2.18. The van der Waals surface area contributed by atoms with Crippen LogP contribution >= 0.6 is 0 Å². The first kappa shape index (κ1) is 17.9. The van der Waals surface area contributed by atoms with Gasteiger partial charge in [0.15, 0.2) is 0 Å². The molecule has 0 unspecified atom stereocenters. The topological polar surface area (TPSA) is 92.5 Å². The van der Waals surface area contributed by atoms with Gasteiger partial charge in [0.2, 0.25) is 16.0 Å². The molecule has 0 amide bonds. The molecule has 1 aromatic carbocycles. The van der Waals surface area contributed by atoms with E-state index in [-0.39, 0.29) is 0 Å². The van der Waals surface area contributed by atoms with Gasteiger partial charge in [-0.2, -0.15) is 0 Å². The van der Waals surface area contributed by atoms with Crippen molar-refractivity contribution in [3.05, 3.63) is 67.1 Å². The van der Waals surface area contributed by atoms with Gasteiger partial charge >= 0.3 is 0 Å². The van der Waals surface area contributed by atoms with Gasteiger partial charge in [0.05, 0.1) is 41.2 Å². The number of hydrogen-bond donors (Lipinski definition) is 1. The Kier molecular flexibility index (Phi) is 4.44. The molecule has 0 spiro atoms. The van der Waals surface area contributed by atoms with Crippen LogP contribution in [-0.2, 0) is 10.0 Å². The first-order chi connectivity index (χ1) is 13.4. The lowest BCUT2D eigenvalue weighted by Gasteiger charge is -2.20. The molecule has 0 bridgehead atoms. The van der Waals surface area contributed by atoms with E-state index in [1.807, 2.05) is 36.4 Å². The maximum Gasteiger partial charge on any atom is 0.245 e. The van der Waals surface area contributed by atoms with E-state index in [0.717, 1.165) is 22.5 Å². The molecule has 1 N–H and O–H groups in total. The van der Waals surface area contributed by atoms with Crippen LogP contribution in [0.5, 0.6) is 0 Å². The lowest BCUT2D eigenvalue weighted by Crippen LogP contribution is -2.25. The first-order valence-corrected chi connectivity index (χ1v) is 10.3. The molecule has 9 heteroatoms. The number of sulfonamides is 1. The number of hydrogen-bond acceptors (Lipinski definition) is 6. The van der Waals surface area contributed by atoms with Crippen molar-refractivity contribution in [2.75, 3.05) is 22.9 Å². The summed E-state index contributed by atoms with van der Waals surface area (Å²) in [5.74, 6) is 0.409. The van der Waals surface area contributed by atoms with E-state index in [9.17, 15) is 8.42 Å². The normalized spacial score (nSPS) is 11.5. The molecular weight excluding hydrogens is 376 g/mol. The highest BCUT2D eigenvalue weighted by Crippen LogP contribution is 2.32. The summed E-state index contributed by atoms with van der Waals surface area (Å²) in [6.45, 7) is 0. The Bertz CT molecular complexity index is 1240. The highest BCUT2D eigenvalue weighted by molar-refractivity contribution is 7.92. The van der Waals surface area contributed by atoms with Crippen LogP contribution in [0, 0.1) is 0 Å². The second-order valence-corrected chi connectivity index (χ2v) is 8.27. The molecule has 0 fully saturated rings. The zero-order chi connectivity index (χ0) is 19.7. The fourth-order valence-corrected chi connectivity index (χ4v) is 3.39. The minimum Gasteiger partial charge on any atom is -0.322 e. The predicted octanol–water partition coefficient (Wildman–Crippen LogP) is 2.93. The summed E-state index contributed by atoms with van der Waals surface area (Å²) in [5, 5.41) is 7.68. The van der Waals surface area contributed by atoms with E-state index in [2.05, 4.69) is 20.4 Å². The van der Waals surface area contributed by atoms with Gasteiger partial charge in [0, 0.05) is 18.8 Å². The molecule has 4 rings (SSSR count). The van der Waals surface area contributed by atoms with Crippen LogP contribution in [0.15, 0.2) is 67.1 Å². The maximum atomic E-state index is 12.1. The summed E-state index contributed by atoms with van der Waals surface area (Å²) in [6.07, 6.45) is 6.26. The molecule has 3 heterocycles. The smallest absolute Gasteiger partial charge is 0.245 e. The summed E-state index contributed by atoms with van der Waals surface area (Å²) in [7, 11) is -1.86. The van der Waals surface area contributed by atoms with E-state index in [0.29, 0.717) is 11.6 Å². The lowest BCUT2D eigenvalue weighted by molar-refractivity contribution is 0.600. The van der Waals surface area contributed by atoms with Crippen LogP contribution < -0.4 is 9.62 Å². The molecule has 8 nitrogen and oxygen atoms in total. The molecule has 0 atom stereocenters. The van der Waals surface area contributed by atoms with Crippen molar-refractivity contribution >= 4 is 32.9 Å². The second kappa shape index (κ2) is 6.93. The van der Waals surface area contributed by atoms with Crippen molar-refractivity contribution in [3.8, 4) is 11.3 Å². The van der Waals surface area contributed by atoms with Crippen molar-refractivity contribution in [3.63, 3.8) is 0 Å². The van der Waals surface area contributed by atoms with Gasteiger partial charge in [-0.3, -0.25) is 9.29 Å². The number of para-hydroxylation sites is 1. The summed E-state index contributed by atoms with van der Waals surface area (Å²) in [5.41, 5.74) is 3.65. The average molecular weight is 394 g/mol. The SMILES string of the molecule is CN(c1ccccc1-c1ccc2cnc(Nc3cccnc3)nn12)S(C)(=O)=O. The number of fused-ring (bicyclic) bond motifs is 1. The molecule has 0 saturated heterocycles. The summed E-state index contributed by atoms with van der Waals surface area (Å²) in [4.78, 5) is 8.39. The van der Waals surface area contributed by atoms with Crippen molar-refractivity contribution in [2.24, 2.45) is 0 Å². The van der Waals surface area contributed by atoms with E-state index < -0.39 is 10.0 Å². The number of anilines is 3. The zero-order valence-corrected chi connectivity index (χ0v) is 16.1. The second-order valence-electron chi connectivity index (χ2n) is 6.25. The third-order valence-corrected chi connectivity index (χ3v) is 5.52. The van der Waals surface area contributed by atoms with E-state index in [1.165, 1.54) is 17.6 Å². The lowest BCUT2D eigenvalue weighted by atomic mass is 10.1. The van der Waals surface area contributed by atoms with Crippen LogP contribution in [0.2, 0.25) is 0 Å². The fourth-order valence-electron chi connectivity index (χ4n) is 2.87. The van der Waals surface area contributed by atoms with Crippen molar-refractivity contribution in [1.29, 1.82) is 0 Å². The van der Waals surface area contributed by atoms with Gasteiger partial charge in [-0.25, -0.2) is 17.9 Å². The minimum absolute atomic E-state index is 0.409. The van der Waals surface area contributed by atoms with Crippen molar-refractivity contribution < 1.29 is 8.42 Å². The van der Waals surface area contributed by atoms with Gasteiger partial charge in [-0.1, -0.05) is 18.2 Å². The molecule has 142 valence electrons. The Labute approximate surface area is 162 Å². The van der Waals surface area contributed by atoms with Crippen LogP contribution in [-0.4, -0.2) is 41.3 Å². The van der Waals surface area contributed by atoms with Gasteiger partial charge in [-0.05, 0) is 30.3 Å². The maximum absolute atomic E-state index is 12.1. The number of nitrogens with one attached hydrogen (secondary N) is 1. The van der Waals surface area contributed by atoms with Crippen LogP contribution in [0.25, 0.3) is 16.8 Å². The fraction of sp³-hybridized carbons (Fsp3) is 0.105. The summed E-state index contributed by atoms with van der Waals surface area (Å²) >= 11 is 0. The monoisotopic (exact) mass is 394 g/mol. The molecule has 28 heavy (non-hydrogen) atoms. The summed E-state index contributed by atoms with van der Waals surface area (Å²) in [6, 6.07) is 14.8. The molecule has 0 aliphatic rings. The predicted molar refractivity (Wildman–Crippen MR) is 109 cm³/mol.